The average molecular weight is 267 g/mol. The highest BCUT2D eigenvalue weighted by Crippen LogP contribution is 2.28. The number of esters is 1. The number of hydrogen-bond donors (Lipinski definition) is 3. The minimum atomic E-state index is -0.424. The lowest BCUT2D eigenvalue weighted by molar-refractivity contribution is -0.143. The van der Waals surface area contributed by atoms with Crippen LogP contribution in [0.5, 0.6) is 11.5 Å². The fourth-order valence-corrected chi connectivity index (χ4v) is 1.83. The number of benzene rings is 1. The quantitative estimate of drug-likeness (QED) is 0.541. The summed E-state index contributed by atoms with van der Waals surface area (Å²) in [6.45, 7) is 4.32. The van der Waals surface area contributed by atoms with Gasteiger partial charge in [0.1, 0.15) is 6.04 Å². The van der Waals surface area contributed by atoms with Crippen LogP contribution in [0.1, 0.15) is 25.8 Å². The lowest BCUT2D eigenvalue weighted by atomic mass is 10.0. The molecule has 1 aromatic carbocycles. The Morgan fingerprint density at radius 3 is 2.63 bits per heavy atom. The van der Waals surface area contributed by atoms with Crippen LogP contribution in [0.3, 0.4) is 0 Å². The first-order chi connectivity index (χ1) is 8.95. The molecule has 1 atom stereocenters. The van der Waals surface area contributed by atoms with Crippen LogP contribution in [0.2, 0.25) is 0 Å². The van der Waals surface area contributed by atoms with E-state index in [4.69, 9.17) is 4.74 Å². The van der Waals surface area contributed by atoms with Crippen molar-refractivity contribution in [3.63, 3.8) is 0 Å². The number of para-hydroxylation sites is 1. The smallest absolute Gasteiger partial charge is 0.322 e. The predicted molar refractivity (Wildman–Crippen MR) is 71.9 cm³/mol. The fourth-order valence-electron chi connectivity index (χ4n) is 1.83. The molecule has 0 aliphatic rings. The number of carbonyl (C=O) groups excluding carboxylic acids is 1. The van der Waals surface area contributed by atoms with Crippen LogP contribution in [0, 0.1) is 5.92 Å². The maximum Gasteiger partial charge on any atom is 0.322 e. The third-order valence-electron chi connectivity index (χ3n) is 2.83. The molecular formula is C14H21NO4. The lowest BCUT2D eigenvalue weighted by Gasteiger charge is -2.18. The number of rotatable bonds is 6. The molecule has 0 saturated carbocycles. The molecule has 0 aliphatic heterocycles. The summed E-state index contributed by atoms with van der Waals surface area (Å²) in [4.78, 5) is 11.6. The van der Waals surface area contributed by atoms with Gasteiger partial charge in [0, 0.05) is 12.1 Å². The molecule has 0 aromatic heterocycles. The molecule has 5 heteroatoms. The third-order valence-corrected chi connectivity index (χ3v) is 2.83. The van der Waals surface area contributed by atoms with E-state index in [-0.39, 0.29) is 24.0 Å². The van der Waals surface area contributed by atoms with Crippen molar-refractivity contribution in [2.24, 2.45) is 5.92 Å². The van der Waals surface area contributed by atoms with Gasteiger partial charge in [-0.05, 0) is 18.4 Å². The van der Waals surface area contributed by atoms with Gasteiger partial charge < -0.3 is 20.3 Å². The average Bonchev–Trinajstić information content (AvgIpc) is 2.37. The van der Waals surface area contributed by atoms with Crippen molar-refractivity contribution in [3.8, 4) is 11.5 Å². The minimum absolute atomic E-state index is 0.164. The van der Waals surface area contributed by atoms with E-state index in [9.17, 15) is 15.0 Å². The highest BCUT2D eigenvalue weighted by atomic mass is 16.5. The molecule has 0 bridgehead atoms. The van der Waals surface area contributed by atoms with E-state index >= 15 is 0 Å². The summed E-state index contributed by atoms with van der Waals surface area (Å²) in [5, 5.41) is 22.1. The molecule has 0 amide bonds. The summed E-state index contributed by atoms with van der Waals surface area (Å²) in [6, 6.07) is 4.31. The number of phenolic OH excluding ortho intramolecular Hbond substituents is 2. The second-order valence-corrected chi connectivity index (χ2v) is 4.87. The van der Waals surface area contributed by atoms with Gasteiger partial charge in [0.2, 0.25) is 0 Å². The number of nitrogens with one attached hydrogen (secondary N) is 1. The summed E-state index contributed by atoms with van der Waals surface area (Å²) >= 11 is 0. The van der Waals surface area contributed by atoms with Crippen LogP contribution in [-0.4, -0.2) is 29.3 Å². The Hall–Kier alpha value is -1.75. The van der Waals surface area contributed by atoms with Gasteiger partial charge in [-0.2, -0.15) is 0 Å². The van der Waals surface area contributed by atoms with E-state index in [0.29, 0.717) is 17.9 Å². The Balaban J connectivity index is 2.70. The van der Waals surface area contributed by atoms with E-state index in [2.05, 4.69) is 5.32 Å². The number of methoxy groups -OCH3 is 1. The Kier molecular flexibility index (Phi) is 5.63. The topological polar surface area (TPSA) is 78.8 Å². The molecule has 3 N–H and O–H groups in total. The molecule has 0 aliphatic carbocycles. The molecule has 0 spiro atoms. The van der Waals surface area contributed by atoms with Gasteiger partial charge >= 0.3 is 5.97 Å². The second kappa shape index (κ2) is 6.99. The molecule has 5 nitrogen and oxygen atoms in total. The van der Waals surface area contributed by atoms with Crippen LogP contribution in [0.25, 0.3) is 0 Å². The summed E-state index contributed by atoms with van der Waals surface area (Å²) in [5.41, 5.74) is 0.539. The number of ether oxygens (including phenoxy) is 1. The largest absolute Gasteiger partial charge is 0.504 e. The molecule has 0 radical (unpaired) electrons. The lowest BCUT2D eigenvalue weighted by Crippen LogP contribution is -2.38. The van der Waals surface area contributed by atoms with Crippen LogP contribution >= 0.6 is 0 Å². The predicted octanol–water partition coefficient (Wildman–Crippen LogP) is 1.78. The standard InChI is InChI=1S/C14H21NO4/c1-9(2)7-11(14(18)19-3)15-8-10-5-4-6-12(16)13(10)17/h4-6,9,11,15-17H,7-8H2,1-3H3. The normalized spacial score (nSPS) is 12.4. The van der Waals surface area contributed by atoms with Gasteiger partial charge in [0.25, 0.3) is 0 Å². The van der Waals surface area contributed by atoms with Crippen LogP contribution < -0.4 is 5.32 Å². The molecule has 1 rings (SSSR count). The van der Waals surface area contributed by atoms with E-state index < -0.39 is 6.04 Å². The minimum Gasteiger partial charge on any atom is -0.504 e. The fraction of sp³-hybridized carbons (Fsp3) is 0.500. The van der Waals surface area contributed by atoms with E-state index in [0.717, 1.165) is 0 Å². The molecule has 19 heavy (non-hydrogen) atoms. The van der Waals surface area contributed by atoms with Gasteiger partial charge in [-0.1, -0.05) is 26.0 Å². The van der Waals surface area contributed by atoms with Gasteiger partial charge in [0.05, 0.1) is 7.11 Å². The van der Waals surface area contributed by atoms with Crippen molar-refractivity contribution < 1.29 is 19.7 Å². The van der Waals surface area contributed by atoms with Gasteiger partial charge in [-0.25, -0.2) is 0 Å². The highest BCUT2D eigenvalue weighted by Gasteiger charge is 2.20. The monoisotopic (exact) mass is 267 g/mol. The van der Waals surface area contributed by atoms with Crippen LogP contribution in [0.4, 0.5) is 0 Å². The van der Waals surface area contributed by atoms with Gasteiger partial charge in [-0.3, -0.25) is 4.79 Å². The molecule has 106 valence electrons. The highest BCUT2D eigenvalue weighted by molar-refractivity contribution is 5.75. The molecule has 0 heterocycles. The zero-order valence-electron chi connectivity index (χ0n) is 11.5. The number of carbonyl (C=O) groups is 1. The molecule has 1 aromatic rings. The Morgan fingerprint density at radius 2 is 2.05 bits per heavy atom. The third kappa shape index (κ3) is 4.44. The second-order valence-electron chi connectivity index (χ2n) is 4.87. The summed E-state index contributed by atoms with van der Waals surface area (Å²) in [7, 11) is 1.35. The number of hydrogen-bond acceptors (Lipinski definition) is 5. The maximum atomic E-state index is 11.6. The maximum absolute atomic E-state index is 11.6. The summed E-state index contributed by atoms with van der Waals surface area (Å²) < 4.78 is 4.74. The number of phenols is 2. The summed E-state index contributed by atoms with van der Waals surface area (Å²) in [5.74, 6) is -0.316. The first kappa shape index (κ1) is 15.3. The van der Waals surface area contributed by atoms with Gasteiger partial charge in [-0.15, -0.1) is 0 Å². The molecule has 0 saturated heterocycles. The summed E-state index contributed by atoms with van der Waals surface area (Å²) in [6.07, 6.45) is 0.645. The van der Waals surface area contributed by atoms with Crippen molar-refractivity contribution >= 4 is 5.97 Å². The Bertz CT molecular complexity index is 431. The Labute approximate surface area is 113 Å². The first-order valence-corrected chi connectivity index (χ1v) is 6.26. The first-order valence-electron chi connectivity index (χ1n) is 6.26. The van der Waals surface area contributed by atoms with Crippen LogP contribution in [0.15, 0.2) is 18.2 Å². The van der Waals surface area contributed by atoms with Crippen molar-refractivity contribution in [1.82, 2.24) is 5.32 Å². The zero-order chi connectivity index (χ0) is 14.4. The van der Waals surface area contributed by atoms with Crippen molar-refractivity contribution in [1.29, 1.82) is 0 Å². The van der Waals surface area contributed by atoms with Crippen LogP contribution in [-0.2, 0) is 16.1 Å². The molecular weight excluding hydrogens is 246 g/mol. The van der Waals surface area contributed by atoms with E-state index in [1.807, 2.05) is 13.8 Å². The molecule has 1 unspecified atom stereocenters. The van der Waals surface area contributed by atoms with E-state index in [1.54, 1.807) is 12.1 Å². The SMILES string of the molecule is COC(=O)C(CC(C)C)NCc1cccc(O)c1O. The van der Waals surface area contributed by atoms with E-state index in [1.165, 1.54) is 13.2 Å². The van der Waals surface area contributed by atoms with Gasteiger partial charge in [0.15, 0.2) is 11.5 Å². The van der Waals surface area contributed by atoms with Crippen molar-refractivity contribution in [2.75, 3.05) is 7.11 Å². The zero-order valence-corrected chi connectivity index (χ0v) is 11.5. The number of aromatic hydroxyl groups is 2. The Morgan fingerprint density at radius 1 is 1.37 bits per heavy atom. The van der Waals surface area contributed by atoms with Crippen molar-refractivity contribution in [2.45, 2.75) is 32.9 Å². The molecule has 0 fully saturated rings. The van der Waals surface area contributed by atoms with Crippen molar-refractivity contribution in [3.05, 3.63) is 23.8 Å².